The van der Waals surface area contributed by atoms with Crippen molar-refractivity contribution in [1.29, 1.82) is 5.26 Å². The largest absolute Gasteiger partial charge is 0.382 e. The molecular weight excluding hydrogens is 254 g/mol. The molecule has 2 rings (SSSR count). The Hall–Kier alpha value is -1.18. The minimum atomic E-state index is 0.606. The van der Waals surface area contributed by atoms with E-state index in [4.69, 9.17) is 0 Å². The van der Waals surface area contributed by atoms with Crippen LogP contribution in [0.1, 0.15) is 25.3 Å². The number of anilines is 1. The van der Waals surface area contributed by atoms with Gasteiger partial charge in [0, 0.05) is 17.5 Å². The van der Waals surface area contributed by atoms with Crippen LogP contribution in [0.25, 0.3) is 0 Å². The van der Waals surface area contributed by atoms with Gasteiger partial charge in [-0.25, -0.2) is 0 Å². The van der Waals surface area contributed by atoms with Crippen LogP contribution in [0.4, 0.5) is 5.69 Å². The van der Waals surface area contributed by atoms with Gasteiger partial charge in [-0.1, -0.05) is 13.0 Å². The maximum Gasteiger partial charge on any atom is 0.102 e. The van der Waals surface area contributed by atoms with Gasteiger partial charge in [0.25, 0.3) is 0 Å². The van der Waals surface area contributed by atoms with E-state index >= 15 is 0 Å². The highest BCUT2D eigenvalue weighted by molar-refractivity contribution is 7.98. The van der Waals surface area contributed by atoms with Crippen LogP contribution in [0, 0.1) is 11.3 Å². The second-order valence-electron chi connectivity index (χ2n) is 4.80. The van der Waals surface area contributed by atoms with Gasteiger partial charge < -0.3 is 5.32 Å². The van der Waals surface area contributed by atoms with Gasteiger partial charge in [0.1, 0.15) is 6.07 Å². The van der Waals surface area contributed by atoms with Gasteiger partial charge in [-0.2, -0.15) is 5.26 Å². The summed E-state index contributed by atoms with van der Waals surface area (Å²) in [4.78, 5) is 3.56. The molecule has 1 atom stereocenters. The first kappa shape index (κ1) is 14.2. The predicted octanol–water partition coefficient (Wildman–Crippen LogP) is 3.18. The number of nitrogens with zero attached hydrogens (tertiary/aromatic N) is 2. The Morgan fingerprint density at radius 2 is 2.37 bits per heavy atom. The zero-order valence-corrected chi connectivity index (χ0v) is 12.5. The zero-order chi connectivity index (χ0) is 13.7. The molecule has 3 nitrogen and oxygen atoms in total. The van der Waals surface area contributed by atoms with Crippen molar-refractivity contribution in [3.05, 3.63) is 23.8 Å². The molecule has 1 fully saturated rings. The second-order valence-corrected chi connectivity index (χ2v) is 5.65. The standard InChI is InChI=1S/C15H21N3S/c1-3-18-9-5-6-12(18)11-17-14-7-4-8-15(19-2)13(14)10-16/h4,7-8,12,17H,3,5-6,9,11H2,1-2H3. The SMILES string of the molecule is CCN1CCCC1CNc1cccc(SC)c1C#N. The van der Waals surface area contributed by atoms with Gasteiger partial charge in [0.15, 0.2) is 0 Å². The van der Waals surface area contributed by atoms with E-state index in [1.54, 1.807) is 11.8 Å². The van der Waals surface area contributed by atoms with Crippen molar-refractivity contribution in [2.75, 3.05) is 31.2 Å². The van der Waals surface area contributed by atoms with Crippen LogP contribution in [-0.4, -0.2) is 36.8 Å². The fraction of sp³-hybridized carbons (Fsp3) is 0.533. The van der Waals surface area contributed by atoms with Crippen molar-refractivity contribution in [3.63, 3.8) is 0 Å². The molecule has 0 bridgehead atoms. The Kier molecular flexibility index (Phi) is 5.12. The lowest BCUT2D eigenvalue weighted by molar-refractivity contribution is 0.277. The highest BCUT2D eigenvalue weighted by atomic mass is 32.2. The molecule has 0 aromatic heterocycles. The van der Waals surface area contributed by atoms with Crippen LogP contribution in [0.3, 0.4) is 0 Å². The number of hydrogen-bond donors (Lipinski definition) is 1. The number of likely N-dealkylation sites (tertiary alicyclic amines) is 1. The topological polar surface area (TPSA) is 39.1 Å². The van der Waals surface area contributed by atoms with Crippen LogP contribution in [0.15, 0.2) is 23.1 Å². The molecule has 0 aliphatic carbocycles. The number of hydrogen-bond acceptors (Lipinski definition) is 4. The van der Waals surface area contributed by atoms with Gasteiger partial charge >= 0.3 is 0 Å². The molecule has 0 amide bonds. The van der Waals surface area contributed by atoms with Crippen LogP contribution in [-0.2, 0) is 0 Å². The molecule has 0 saturated carbocycles. The van der Waals surface area contributed by atoms with Gasteiger partial charge in [-0.15, -0.1) is 11.8 Å². The summed E-state index contributed by atoms with van der Waals surface area (Å²) in [5.41, 5.74) is 1.74. The van der Waals surface area contributed by atoms with E-state index < -0.39 is 0 Å². The smallest absolute Gasteiger partial charge is 0.102 e. The molecular formula is C15H21N3S. The lowest BCUT2D eigenvalue weighted by Crippen LogP contribution is -2.34. The fourth-order valence-electron chi connectivity index (χ4n) is 2.73. The van der Waals surface area contributed by atoms with E-state index in [0.29, 0.717) is 6.04 Å². The minimum Gasteiger partial charge on any atom is -0.382 e. The quantitative estimate of drug-likeness (QED) is 0.838. The number of nitrogens with one attached hydrogen (secondary N) is 1. The maximum atomic E-state index is 9.31. The van der Waals surface area contributed by atoms with Crippen molar-refractivity contribution in [3.8, 4) is 6.07 Å². The predicted molar refractivity (Wildman–Crippen MR) is 81.7 cm³/mol. The third-order valence-corrected chi connectivity index (χ3v) is 4.57. The number of benzene rings is 1. The average molecular weight is 275 g/mol. The summed E-state index contributed by atoms with van der Waals surface area (Å²) in [5.74, 6) is 0. The van der Waals surface area contributed by atoms with Crippen molar-refractivity contribution >= 4 is 17.4 Å². The Morgan fingerprint density at radius 3 is 3.05 bits per heavy atom. The molecule has 1 aromatic rings. The summed E-state index contributed by atoms with van der Waals surface area (Å²) in [6, 6.07) is 8.95. The summed E-state index contributed by atoms with van der Waals surface area (Å²) in [6.07, 6.45) is 4.55. The molecule has 1 heterocycles. The van der Waals surface area contributed by atoms with E-state index in [1.807, 2.05) is 24.5 Å². The first-order valence-electron chi connectivity index (χ1n) is 6.85. The molecule has 1 N–H and O–H groups in total. The lowest BCUT2D eigenvalue weighted by atomic mass is 10.1. The summed E-state index contributed by atoms with van der Waals surface area (Å²) < 4.78 is 0. The number of rotatable bonds is 5. The van der Waals surface area contributed by atoms with Gasteiger partial charge in [0.05, 0.1) is 11.3 Å². The van der Waals surface area contributed by atoms with E-state index in [0.717, 1.165) is 29.2 Å². The molecule has 19 heavy (non-hydrogen) atoms. The molecule has 0 spiro atoms. The molecule has 4 heteroatoms. The average Bonchev–Trinajstić information content (AvgIpc) is 2.91. The molecule has 1 aliphatic rings. The lowest BCUT2D eigenvalue weighted by Gasteiger charge is -2.23. The van der Waals surface area contributed by atoms with Crippen LogP contribution >= 0.6 is 11.8 Å². The fourth-order valence-corrected chi connectivity index (χ4v) is 3.31. The number of thioether (sulfide) groups is 1. The van der Waals surface area contributed by atoms with E-state index in [-0.39, 0.29) is 0 Å². The van der Waals surface area contributed by atoms with Crippen molar-refractivity contribution in [2.45, 2.75) is 30.7 Å². The van der Waals surface area contributed by atoms with Gasteiger partial charge in [-0.05, 0) is 44.3 Å². The van der Waals surface area contributed by atoms with Crippen LogP contribution in [0.2, 0.25) is 0 Å². The number of nitriles is 1. The molecule has 1 aromatic carbocycles. The van der Waals surface area contributed by atoms with E-state index in [9.17, 15) is 5.26 Å². The first-order chi connectivity index (χ1) is 9.30. The van der Waals surface area contributed by atoms with Crippen molar-refractivity contribution < 1.29 is 0 Å². The third-order valence-electron chi connectivity index (χ3n) is 3.79. The maximum absolute atomic E-state index is 9.31. The Morgan fingerprint density at radius 1 is 1.53 bits per heavy atom. The van der Waals surface area contributed by atoms with Crippen LogP contribution < -0.4 is 5.32 Å². The molecule has 1 aliphatic heterocycles. The summed E-state index contributed by atoms with van der Waals surface area (Å²) in [5, 5.41) is 12.8. The summed E-state index contributed by atoms with van der Waals surface area (Å²) in [6.45, 7) is 5.47. The monoisotopic (exact) mass is 275 g/mol. The zero-order valence-electron chi connectivity index (χ0n) is 11.6. The first-order valence-corrected chi connectivity index (χ1v) is 8.07. The minimum absolute atomic E-state index is 0.606. The Labute approximate surface area is 120 Å². The highest BCUT2D eigenvalue weighted by Gasteiger charge is 2.22. The van der Waals surface area contributed by atoms with Crippen molar-refractivity contribution in [1.82, 2.24) is 4.90 Å². The third kappa shape index (κ3) is 3.23. The molecule has 102 valence electrons. The molecule has 1 saturated heterocycles. The summed E-state index contributed by atoms with van der Waals surface area (Å²) >= 11 is 1.62. The molecule has 1 unspecified atom stereocenters. The summed E-state index contributed by atoms with van der Waals surface area (Å²) in [7, 11) is 0. The Bertz CT molecular complexity index is 467. The van der Waals surface area contributed by atoms with E-state index in [2.05, 4.69) is 23.2 Å². The second kappa shape index (κ2) is 6.83. The number of likely N-dealkylation sites (N-methyl/N-ethyl adjacent to an activating group) is 1. The van der Waals surface area contributed by atoms with Gasteiger partial charge in [0.2, 0.25) is 0 Å². The highest BCUT2D eigenvalue weighted by Crippen LogP contribution is 2.27. The van der Waals surface area contributed by atoms with Gasteiger partial charge in [-0.3, -0.25) is 4.90 Å². The van der Waals surface area contributed by atoms with E-state index in [1.165, 1.54) is 19.4 Å². The normalized spacial score (nSPS) is 19.3. The van der Waals surface area contributed by atoms with Crippen LogP contribution in [0.5, 0.6) is 0 Å². The van der Waals surface area contributed by atoms with Crippen molar-refractivity contribution in [2.24, 2.45) is 0 Å². The molecule has 0 radical (unpaired) electrons. The Balaban J connectivity index is 2.05.